The fourth-order valence-electron chi connectivity index (χ4n) is 3.50. The number of hydrogen-bond donors (Lipinski definition) is 1. The molecule has 0 radical (unpaired) electrons. The number of ether oxygens (including phenoxy) is 2. The summed E-state index contributed by atoms with van der Waals surface area (Å²) in [6.07, 6.45) is 1.46. The minimum absolute atomic E-state index is 0.183. The molecule has 0 spiro atoms. The summed E-state index contributed by atoms with van der Waals surface area (Å²) in [5.74, 6) is -2.72. The number of methoxy groups -OCH3 is 1. The lowest BCUT2D eigenvalue weighted by molar-refractivity contribution is 0.0543. The molecule has 0 amide bonds. The van der Waals surface area contributed by atoms with Gasteiger partial charge in [0, 0.05) is 25.2 Å². The van der Waals surface area contributed by atoms with Crippen molar-refractivity contribution in [3.05, 3.63) is 54.1 Å². The summed E-state index contributed by atoms with van der Waals surface area (Å²) in [6, 6.07) is 13.5. The second-order valence-corrected chi connectivity index (χ2v) is 8.66. The maximum Gasteiger partial charge on any atom is 0.341 e. The molecule has 1 heterocycles. The van der Waals surface area contributed by atoms with Crippen LogP contribution in [0.15, 0.2) is 53.4 Å². The Hall–Kier alpha value is -2.19. The lowest BCUT2D eigenvalue weighted by Gasteiger charge is -2.38. The van der Waals surface area contributed by atoms with E-state index < -0.39 is 15.6 Å². The molecule has 1 saturated heterocycles. The van der Waals surface area contributed by atoms with Gasteiger partial charge >= 0.3 is 5.76 Å². The number of benzene rings is 2. The lowest BCUT2D eigenvalue weighted by Crippen LogP contribution is -2.40. The molecule has 1 fully saturated rings. The quantitative estimate of drug-likeness (QED) is 0.750. The van der Waals surface area contributed by atoms with Crippen molar-refractivity contribution < 1.29 is 26.7 Å². The summed E-state index contributed by atoms with van der Waals surface area (Å²) in [7, 11) is -3.09. The average molecular weight is 411 g/mol. The first-order chi connectivity index (χ1) is 13.4. The highest BCUT2D eigenvalue weighted by Crippen LogP contribution is 2.37. The van der Waals surface area contributed by atoms with Gasteiger partial charge in [-0.05, 0) is 42.7 Å². The van der Waals surface area contributed by atoms with Gasteiger partial charge in [-0.25, -0.2) is 8.42 Å². The van der Waals surface area contributed by atoms with Crippen molar-refractivity contribution in [3.63, 3.8) is 0 Å². The highest BCUT2D eigenvalue weighted by molar-refractivity contribution is 7.91. The molecule has 0 aromatic heterocycles. The van der Waals surface area contributed by atoms with Crippen molar-refractivity contribution in [2.45, 2.75) is 28.9 Å². The summed E-state index contributed by atoms with van der Waals surface area (Å²) in [5, 5.41) is 3.11. The van der Waals surface area contributed by atoms with Crippen LogP contribution in [0.5, 0.6) is 5.75 Å². The number of rotatable bonds is 7. The molecular formula is C20H23F2NO4S. The fraction of sp³-hybridized carbons (Fsp3) is 0.400. The molecule has 0 unspecified atom stereocenters. The van der Waals surface area contributed by atoms with Crippen LogP contribution in [0, 0.1) is 0 Å². The van der Waals surface area contributed by atoms with Crippen molar-refractivity contribution in [2.24, 2.45) is 0 Å². The zero-order valence-electron chi connectivity index (χ0n) is 15.5. The van der Waals surface area contributed by atoms with Crippen LogP contribution in [-0.2, 0) is 20.0 Å². The largest absolute Gasteiger partial charge is 0.497 e. The van der Waals surface area contributed by atoms with Crippen molar-refractivity contribution in [3.8, 4) is 5.75 Å². The first kappa shape index (κ1) is 20.5. The SMILES string of the molecule is COc1ccc(C2(CNc3ccccc3S(=O)(=O)C(F)F)CCOCC2)cc1. The zero-order valence-corrected chi connectivity index (χ0v) is 16.3. The van der Waals surface area contributed by atoms with E-state index in [2.05, 4.69) is 5.32 Å². The van der Waals surface area contributed by atoms with E-state index in [9.17, 15) is 17.2 Å². The number of sulfone groups is 1. The number of alkyl halides is 2. The zero-order chi connectivity index (χ0) is 20.2. The third-order valence-corrected chi connectivity index (χ3v) is 6.64. The van der Waals surface area contributed by atoms with E-state index >= 15 is 0 Å². The first-order valence-corrected chi connectivity index (χ1v) is 10.5. The van der Waals surface area contributed by atoms with Crippen LogP contribution in [0.25, 0.3) is 0 Å². The van der Waals surface area contributed by atoms with Gasteiger partial charge in [0.1, 0.15) is 5.75 Å². The fourth-order valence-corrected chi connectivity index (χ4v) is 4.40. The van der Waals surface area contributed by atoms with Crippen LogP contribution >= 0.6 is 0 Å². The van der Waals surface area contributed by atoms with E-state index in [0.29, 0.717) is 19.8 Å². The molecule has 152 valence electrons. The Balaban J connectivity index is 1.90. The van der Waals surface area contributed by atoms with Crippen molar-refractivity contribution >= 4 is 15.5 Å². The van der Waals surface area contributed by atoms with E-state index in [4.69, 9.17) is 9.47 Å². The van der Waals surface area contributed by atoms with Gasteiger partial charge in [0.25, 0.3) is 0 Å². The maximum atomic E-state index is 13.0. The molecule has 1 aliphatic heterocycles. The highest BCUT2D eigenvalue weighted by atomic mass is 32.2. The molecule has 3 rings (SSSR count). The van der Waals surface area contributed by atoms with E-state index in [1.54, 1.807) is 13.2 Å². The van der Waals surface area contributed by atoms with Crippen molar-refractivity contribution in [2.75, 3.05) is 32.2 Å². The van der Waals surface area contributed by atoms with Crippen LogP contribution in [0.4, 0.5) is 14.5 Å². The van der Waals surface area contributed by atoms with Crippen LogP contribution in [0.3, 0.4) is 0 Å². The Morgan fingerprint density at radius 3 is 2.36 bits per heavy atom. The van der Waals surface area contributed by atoms with Gasteiger partial charge in [-0.2, -0.15) is 8.78 Å². The molecule has 2 aromatic carbocycles. The number of nitrogens with one attached hydrogen (secondary N) is 1. The molecule has 0 atom stereocenters. The number of para-hydroxylation sites is 1. The molecule has 28 heavy (non-hydrogen) atoms. The molecular weight excluding hydrogens is 388 g/mol. The Morgan fingerprint density at radius 1 is 1.11 bits per heavy atom. The Labute approximate surface area is 163 Å². The van der Waals surface area contributed by atoms with Gasteiger partial charge in [0.15, 0.2) is 0 Å². The third kappa shape index (κ3) is 4.12. The van der Waals surface area contributed by atoms with Gasteiger partial charge in [0.2, 0.25) is 9.84 Å². The minimum atomic E-state index is -4.69. The molecule has 1 N–H and O–H groups in total. The predicted molar refractivity (Wildman–Crippen MR) is 103 cm³/mol. The lowest BCUT2D eigenvalue weighted by atomic mass is 9.74. The van der Waals surface area contributed by atoms with Gasteiger partial charge in [-0.15, -0.1) is 0 Å². The Kier molecular flexibility index (Phi) is 6.20. The summed E-state index contributed by atoms with van der Waals surface area (Å²) in [6.45, 7) is 1.55. The maximum absolute atomic E-state index is 13.0. The molecule has 8 heteroatoms. The topological polar surface area (TPSA) is 64.6 Å². The van der Waals surface area contributed by atoms with Crippen LogP contribution in [-0.4, -0.2) is 41.0 Å². The van der Waals surface area contributed by atoms with E-state index in [1.807, 2.05) is 24.3 Å². The highest BCUT2D eigenvalue weighted by Gasteiger charge is 2.35. The summed E-state index contributed by atoms with van der Waals surface area (Å²) in [4.78, 5) is -0.387. The van der Waals surface area contributed by atoms with E-state index in [1.165, 1.54) is 18.2 Å². The van der Waals surface area contributed by atoms with Gasteiger partial charge < -0.3 is 14.8 Å². The standard InChI is InChI=1S/C20H23F2NO4S/c1-26-16-8-6-15(7-9-16)20(10-12-27-13-11-20)14-23-17-4-2-3-5-18(17)28(24,25)19(21)22/h2-9,19,23H,10-14H2,1H3. The number of anilines is 1. The summed E-state index contributed by atoms with van der Waals surface area (Å²) >= 11 is 0. The second kappa shape index (κ2) is 8.45. The third-order valence-electron chi connectivity index (χ3n) is 5.20. The van der Waals surface area contributed by atoms with Gasteiger partial charge in [0.05, 0.1) is 17.7 Å². The molecule has 0 bridgehead atoms. The summed E-state index contributed by atoms with van der Waals surface area (Å²) in [5.41, 5.74) is 0.951. The monoisotopic (exact) mass is 411 g/mol. The number of hydrogen-bond acceptors (Lipinski definition) is 5. The van der Waals surface area contributed by atoms with E-state index in [-0.39, 0.29) is 16.0 Å². The van der Waals surface area contributed by atoms with Crippen molar-refractivity contribution in [1.29, 1.82) is 0 Å². The number of halogens is 2. The molecule has 0 aliphatic carbocycles. The molecule has 5 nitrogen and oxygen atoms in total. The summed E-state index contributed by atoms with van der Waals surface area (Å²) < 4.78 is 60.8. The van der Waals surface area contributed by atoms with Crippen LogP contribution in [0.2, 0.25) is 0 Å². The van der Waals surface area contributed by atoms with Crippen LogP contribution < -0.4 is 10.1 Å². The normalized spacial score (nSPS) is 16.7. The van der Waals surface area contributed by atoms with Crippen LogP contribution in [0.1, 0.15) is 18.4 Å². The molecule has 2 aromatic rings. The molecule has 1 aliphatic rings. The van der Waals surface area contributed by atoms with Gasteiger partial charge in [-0.3, -0.25) is 0 Å². The smallest absolute Gasteiger partial charge is 0.341 e. The average Bonchev–Trinajstić information content (AvgIpc) is 2.73. The molecule has 0 saturated carbocycles. The van der Waals surface area contributed by atoms with Gasteiger partial charge in [-0.1, -0.05) is 24.3 Å². The second-order valence-electron chi connectivity index (χ2n) is 6.78. The van der Waals surface area contributed by atoms with Crippen molar-refractivity contribution in [1.82, 2.24) is 0 Å². The first-order valence-electron chi connectivity index (χ1n) is 8.96. The predicted octanol–water partition coefficient (Wildman–Crippen LogP) is 3.85. The Bertz CT molecular complexity index is 895. The minimum Gasteiger partial charge on any atom is -0.497 e. The Morgan fingerprint density at radius 2 is 1.75 bits per heavy atom. The van der Waals surface area contributed by atoms with E-state index in [0.717, 1.165) is 24.2 Å².